The predicted octanol–water partition coefficient (Wildman–Crippen LogP) is 2.95. The molecule has 2 amide bonds. The van der Waals surface area contributed by atoms with E-state index in [9.17, 15) is 22.4 Å². The number of aromatic nitrogens is 3. The first-order chi connectivity index (χ1) is 19.7. The van der Waals surface area contributed by atoms with Gasteiger partial charge in [-0.15, -0.1) is 0 Å². The van der Waals surface area contributed by atoms with Gasteiger partial charge in [-0.25, -0.2) is 17.8 Å². The van der Waals surface area contributed by atoms with Crippen LogP contribution in [0.5, 0.6) is 0 Å². The number of carbonyl (C=O) groups excluding carboxylic acids is 2. The van der Waals surface area contributed by atoms with Crippen LogP contribution in [-0.4, -0.2) is 64.9 Å². The topological polar surface area (TPSA) is 137 Å². The fourth-order valence-corrected chi connectivity index (χ4v) is 5.71. The maximum absolute atomic E-state index is 13.7. The number of hydrogen-bond donors (Lipinski definition) is 3. The number of sulfone groups is 1. The quantitative estimate of drug-likeness (QED) is 0.279. The molecule has 12 heteroatoms. The van der Waals surface area contributed by atoms with Crippen LogP contribution in [0.2, 0.25) is 0 Å². The van der Waals surface area contributed by atoms with Crippen molar-refractivity contribution in [2.75, 3.05) is 29.9 Å². The van der Waals surface area contributed by atoms with Crippen LogP contribution in [0.1, 0.15) is 27.3 Å². The van der Waals surface area contributed by atoms with E-state index < -0.39 is 9.84 Å². The molecule has 0 saturated carbocycles. The summed E-state index contributed by atoms with van der Waals surface area (Å²) in [6.45, 7) is 1.63. The van der Waals surface area contributed by atoms with E-state index >= 15 is 0 Å². The average Bonchev–Trinajstić information content (AvgIpc) is 3.42. The lowest BCUT2D eigenvalue weighted by Crippen LogP contribution is -2.39. The van der Waals surface area contributed by atoms with Crippen LogP contribution >= 0.6 is 0 Å². The number of anilines is 1. The standard InChI is InChI=1S/C29H29FN6O4S/c30-25-7-2-1-5-23(25)18-31-27(37)17-26-33-28(35-34-26)21-8-10-24(11-9-21)32-29(38)22-6-3-4-20(16-22)19-36-12-14-41(39,40)15-13-36/h1-11,16H,12-15,17-19H2,(H,31,37)(H,32,38)(H,33,34,35). The third-order valence-corrected chi connectivity index (χ3v) is 8.34. The Balaban J connectivity index is 1.14. The molecule has 4 aromatic rings. The van der Waals surface area contributed by atoms with Gasteiger partial charge in [0.05, 0.1) is 17.9 Å². The Morgan fingerprint density at radius 2 is 1.73 bits per heavy atom. The van der Waals surface area contributed by atoms with Crippen molar-refractivity contribution >= 4 is 27.3 Å². The van der Waals surface area contributed by atoms with Crippen molar-refractivity contribution < 1.29 is 22.4 Å². The first kappa shape index (κ1) is 28.1. The molecule has 1 aliphatic heterocycles. The van der Waals surface area contributed by atoms with Crippen LogP contribution in [0, 0.1) is 5.82 Å². The zero-order chi connectivity index (χ0) is 28.8. The molecule has 0 unspecified atom stereocenters. The summed E-state index contributed by atoms with van der Waals surface area (Å²) in [5, 5.41) is 12.5. The number of H-pyrrole nitrogens is 1. The average molecular weight is 577 g/mol. The van der Waals surface area contributed by atoms with Gasteiger partial charge < -0.3 is 10.6 Å². The van der Waals surface area contributed by atoms with Crippen molar-refractivity contribution in [2.24, 2.45) is 0 Å². The van der Waals surface area contributed by atoms with Crippen molar-refractivity contribution in [1.82, 2.24) is 25.4 Å². The lowest BCUT2D eigenvalue weighted by molar-refractivity contribution is -0.120. The third kappa shape index (κ3) is 7.62. The Bertz CT molecular complexity index is 1640. The number of halogens is 1. The molecule has 0 radical (unpaired) electrons. The van der Waals surface area contributed by atoms with Crippen LogP contribution in [0.25, 0.3) is 11.4 Å². The highest BCUT2D eigenvalue weighted by Crippen LogP contribution is 2.19. The second-order valence-corrected chi connectivity index (χ2v) is 12.1. The Hall–Kier alpha value is -4.42. The van der Waals surface area contributed by atoms with E-state index in [0.29, 0.717) is 53.7 Å². The van der Waals surface area contributed by atoms with Crippen LogP contribution in [0.4, 0.5) is 10.1 Å². The van der Waals surface area contributed by atoms with Crippen molar-refractivity contribution in [3.8, 4) is 11.4 Å². The van der Waals surface area contributed by atoms with Crippen molar-refractivity contribution in [3.63, 3.8) is 0 Å². The number of aromatic amines is 1. The van der Waals surface area contributed by atoms with E-state index in [0.717, 1.165) is 5.56 Å². The van der Waals surface area contributed by atoms with E-state index in [4.69, 9.17) is 0 Å². The molecule has 1 aliphatic rings. The molecule has 0 spiro atoms. The molecular formula is C29H29FN6O4S. The first-order valence-corrected chi connectivity index (χ1v) is 14.9. The summed E-state index contributed by atoms with van der Waals surface area (Å²) in [4.78, 5) is 31.6. The maximum Gasteiger partial charge on any atom is 0.255 e. The zero-order valence-electron chi connectivity index (χ0n) is 22.1. The van der Waals surface area contributed by atoms with Crippen LogP contribution in [0.3, 0.4) is 0 Å². The third-order valence-electron chi connectivity index (χ3n) is 6.73. The van der Waals surface area contributed by atoms with Crippen LogP contribution < -0.4 is 10.6 Å². The number of hydrogen-bond acceptors (Lipinski definition) is 7. The van der Waals surface area contributed by atoms with E-state index in [1.807, 2.05) is 18.2 Å². The molecule has 0 atom stereocenters. The Morgan fingerprint density at radius 1 is 0.976 bits per heavy atom. The molecule has 1 aromatic heterocycles. The van der Waals surface area contributed by atoms with Gasteiger partial charge in [0.25, 0.3) is 5.91 Å². The van der Waals surface area contributed by atoms with Gasteiger partial charge in [-0.3, -0.25) is 19.6 Å². The second-order valence-electron chi connectivity index (χ2n) is 9.81. The summed E-state index contributed by atoms with van der Waals surface area (Å²) < 4.78 is 37.1. The normalized spacial score (nSPS) is 14.9. The van der Waals surface area contributed by atoms with Gasteiger partial charge in [0, 0.05) is 48.6 Å². The SMILES string of the molecule is O=C(Cc1nc(-c2ccc(NC(=O)c3cccc(CN4CCS(=O)(=O)CC4)c3)cc2)n[nH]1)NCc1ccccc1F. The molecule has 2 heterocycles. The molecule has 5 rings (SSSR count). The van der Waals surface area contributed by atoms with Crippen molar-refractivity contribution in [3.05, 3.63) is 101 Å². The summed E-state index contributed by atoms with van der Waals surface area (Å²) in [6, 6.07) is 20.5. The molecule has 3 aromatic carbocycles. The van der Waals surface area contributed by atoms with Gasteiger partial charge >= 0.3 is 0 Å². The van der Waals surface area contributed by atoms with E-state index in [-0.39, 0.29) is 42.1 Å². The summed E-state index contributed by atoms with van der Waals surface area (Å²) in [5.41, 5.74) is 3.13. The minimum atomic E-state index is -2.94. The highest BCUT2D eigenvalue weighted by molar-refractivity contribution is 7.91. The molecule has 3 N–H and O–H groups in total. The van der Waals surface area contributed by atoms with E-state index in [1.165, 1.54) is 6.07 Å². The van der Waals surface area contributed by atoms with Crippen LogP contribution in [0.15, 0.2) is 72.8 Å². The summed E-state index contributed by atoms with van der Waals surface area (Å²) in [7, 11) is -2.94. The molecule has 0 bridgehead atoms. The number of amides is 2. The summed E-state index contributed by atoms with van der Waals surface area (Å²) in [6.07, 6.45) is -0.0362. The van der Waals surface area contributed by atoms with E-state index in [1.54, 1.807) is 48.5 Å². The first-order valence-electron chi connectivity index (χ1n) is 13.1. The van der Waals surface area contributed by atoms with Gasteiger partial charge in [-0.2, -0.15) is 5.10 Å². The lowest BCUT2D eigenvalue weighted by atomic mass is 10.1. The number of nitrogens with zero attached hydrogens (tertiary/aromatic N) is 3. The highest BCUT2D eigenvalue weighted by Gasteiger charge is 2.21. The summed E-state index contributed by atoms with van der Waals surface area (Å²) in [5.74, 6) is 0.129. The van der Waals surface area contributed by atoms with Gasteiger partial charge in [0.15, 0.2) is 15.7 Å². The zero-order valence-corrected chi connectivity index (χ0v) is 23.0. The molecule has 212 valence electrons. The fourth-order valence-electron chi connectivity index (χ4n) is 4.44. The minimum Gasteiger partial charge on any atom is -0.352 e. The Labute approximate surface area is 236 Å². The van der Waals surface area contributed by atoms with Crippen LogP contribution in [-0.2, 0) is 34.1 Å². The number of benzene rings is 3. The molecule has 10 nitrogen and oxygen atoms in total. The number of rotatable bonds is 9. The molecular weight excluding hydrogens is 547 g/mol. The number of nitrogens with one attached hydrogen (secondary N) is 3. The monoisotopic (exact) mass is 576 g/mol. The van der Waals surface area contributed by atoms with Gasteiger partial charge in [0.1, 0.15) is 11.6 Å². The Kier molecular flexibility index (Phi) is 8.50. The minimum absolute atomic E-state index is 0.0362. The Morgan fingerprint density at radius 3 is 2.49 bits per heavy atom. The van der Waals surface area contributed by atoms with Crippen molar-refractivity contribution in [1.29, 1.82) is 0 Å². The molecule has 41 heavy (non-hydrogen) atoms. The number of carbonyl (C=O) groups is 2. The van der Waals surface area contributed by atoms with Gasteiger partial charge in [0.2, 0.25) is 5.91 Å². The van der Waals surface area contributed by atoms with E-state index in [2.05, 4.69) is 30.7 Å². The largest absolute Gasteiger partial charge is 0.352 e. The molecule has 0 aliphatic carbocycles. The highest BCUT2D eigenvalue weighted by atomic mass is 32.2. The molecule has 1 saturated heterocycles. The fraction of sp³-hybridized carbons (Fsp3) is 0.241. The van der Waals surface area contributed by atoms with Gasteiger partial charge in [-0.05, 0) is 48.0 Å². The maximum atomic E-state index is 13.7. The summed E-state index contributed by atoms with van der Waals surface area (Å²) >= 11 is 0. The van der Waals surface area contributed by atoms with Crippen molar-refractivity contribution in [2.45, 2.75) is 19.5 Å². The second kappa shape index (κ2) is 12.4. The smallest absolute Gasteiger partial charge is 0.255 e. The lowest BCUT2D eigenvalue weighted by Gasteiger charge is -2.26. The van der Waals surface area contributed by atoms with Gasteiger partial charge in [-0.1, -0.05) is 30.3 Å². The predicted molar refractivity (Wildman–Crippen MR) is 152 cm³/mol. The molecule has 1 fully saturated rings.